The fourth-order valence-electron chi connectivity index (χ4n) is 6.84. The van der Waals surface area contributed by atoms with Crippen LogP contribution in [-0.4, -0.2) is 126 Å². The van der Waals surface area contributed by atoms with Gasteiger partial charge in [0.15, 0.2) is 0 Å². The molecule has 4 rings (SSSR count). The van der Waals surface area contributed by atoms with Gasteiger partial charge in [-0.1, -0.05) is 70.6 Å². The van der Waals surface area contributed by atoms with Gasteiger partial charge < -0.3 is 58.3 Å². The highest BCUT2D eigenvalue weighted by molar-refractivity contribution is 9.11. The molecule has 0 aliphatic heterocycles. The van der Waals surface area contributed by atoms with Gasteiger partial charge >= 0.3 is 0 Å². The van der Waals surface area contributed by atoms with E-state index in [1.165, 1.54) is 0 Å². The Morgan fingerprint density at radius 3 is 0.919 bits per heavy atom. The Kier molecular flexibility index (Phi) is 24.7. The maximum atomic E-state index is 9.34. The van der Waals surface area contributed by atoms with Crippen molar-refractivity contribution in [2.24, 2.45) is 0 Å². The minimum absolute atomic E-state index is 0.0548. The fraction of sp³-hybridized carbons (Fsp3) is 0.478. The van der Waals surface area contributed by atoms with Crippen LogP contribution in [0.25, 0.3) is 0 Å². The minimum Gasteiger partial charge on any atom is -0.491 e. The molecule has 0 atom stereocenters. The molecule has 0 heterocycles. The van der Waals surface area contributed by atoms with E-state index in [4.69, 9.17) is 43.0 Å². The van der Waals surface area contributed by atoms with E-state index in [1.54, 1.807) is 0 Å². The zero-order valence-corrected chi connectivity index (χ0v) is 41.7. The van der Waals surface area contributed by atoms with Crippen LogP contribution >= 0.6 is 63.7 Å². The van der Waals surface area contributed by atoms with Crippen LogP contribution in [0.3, 0.4) is 0 Å². The molecule has 4 aromatic carbocycles. The van der Waals surface area contributed by atoms with Gasteiger partial charge in [0.2, 0.25) is 0 Å². The van der Waals surface area contributed by atoms with Crippen molar-refractivity contribution in [2.75, 3.05) is 106 Å². The molecule has 0 fully saturated rings. The largest absolute Gasteiger partial charge is 0.491 e. The first-order valence-electron chi connectivity index (χ1n) is 20.6. The van der Waals surface area contributed by atoms with Crippen LogP contribution in [-0.2, 0) is 44.6 Å². The Morgan fingerprint density at radius 1 is 0.355 bits per heavy atom. The summed E-state index contributed by atoms with van der Waals surface area (Å²) in [6, 6.07) is 16.4. The molecule has 0 radical (unpaired) electrons. The third-order valence-electron chi connectivity index (χ3n) is 9.30. The predicted molar refractivity (Wildman–Crippen MR) is 253 cm³/mol. The van der Waals surface area contributed by atoms with Crippen molar-refractivity contribution in [1.82, 2.24) is 0 Å². The molecule has 0 unspecified atom stereocenters. The predicted octanol–water partition coefficient (Wildman–Crippen LogP) is 7.93. The molecule has 0 aliphatic rings. The normalized spacial score (nSPS) is 11.3. The van der Waals surface area contributed by atoms with E-state index in [9.17, 15) is 15.3 Å². The van der Waals surface area contributed by atoms with Crippen LogP contribution in [0.5, 0.6) is 23.0 Å². The zero-order valence-electron chi connectivity index (χ0n) is 35.3. The number of benzene rings is 4. The quantitative estimate of drug-likeness (QED) is 0.0362. The molecule has 0 aromatic heterocycles. The van der Waals surface area contributed by atoms with E-state index < -0.39 is 0 Å². The Balaban J connectivity index is 1.81. The van der Waals surface area contributed by atoms with Crippen molar-refractivity contribution in [2.45, 2.75) is 39.5 Å². The second kappa shape index (κ2) is 29.3. The Hall–Kier alpha value is -2.32. The third-order valence-corrected chi connectivity index (χ3v) is 11.1. The number of aliphatic hydroxyl groups excluding tert-OH is 4. The number of hydrogen-bond acceptors (Lipinski definition) is 12. The van der Waals surface area contributed by atoms with Crippen LogP contribution in [0.15, 0.2) is 66.4 Å². The molecule has 12 nitrogen and oxygen atoms in total. The molecule has 62 heavy (non-hydrogen) atoms. The van der Waals surface area contributed by atoms with Crippen LogP contribution in [0.4, 0.5) is 0 Å². The number of rotatable bonds is 31. The third kappa shape index (κ3) is 17.2. The average Bonchev–Trinajstić information content (AvgIpc) is 3.23. The summed E-state index contributed by atoms with van der Waals surface area (Å²) in [6.45, 7) is 7.06. The Morgan fingerprint density at radius 2 is 0.613 bits per heavy atom. The highest BCUT2D eigenvalue weighted by Crippen LogP contribution is 2.40. The number of halogens is 4. The number of aliphatic hydroxyl groups is 4. The molecular weight excluding hydrogens is 1060 g/mol. The van der Waals surface area contributed by atoms with Crippen molar-refractivity contribution in [1.29, 1.82) is 0 Å². The van der Waals surface area contributed by atoms with E-state index in [0.29, 0.717) is 57.2 Å². The van der Waals surface area contributed by atoms with Gasteiger partial charge in [-0.05, 0) is 73.0 Å². The highest BCUT2D eigenvalue weighted by Gasteiger charge is 2.22. The summed E-state index contributed by atoms with van der Waals surface area (Å²) >= 11 is 15.0. The van der Waals surface area contributed by atoms with E-state index in [1.807, 2.05) is 19.1 Å². The summed E-state index contributed by atoms with van der Waals surface area (Å²) in [7, 11) is 0. The van der Waals surface area contributed by atoms with Crippen molar-refractivity contribution >= 4 is 63.7 Å². The summed E-state index contributed by atoms with van der Waals surface area (Å²) in [6.07, 6.45) is 2.12. The number of hydrogen-bond donors (Lipinski definition) is 4. The second-order valence-corrected chi connectivity index (χ2v) is 17.7. The Labute approximate surface area is 398 Å². The first-order chi connectivity index (χ1) is 30.1. The molecule has 0 amide bonds. The zero-order chi connectivity index (χ0) is 44.7. The summed E-state index contributed by atoms with van der Waals surface area (Å²) in [4.78, 5) is 0. The van der Waals surface area contributed by atoms with Crippen LogP contribution in [0.2, 0.25) is 0 Å². The lowest BCUT2D eigenvalue weighted by Gasteiger charge is -2.22. The van der Waals surface area contributed by atoms with Gasteiger partial charge in [0.05, 0.1) is 79.3 Å². The lowest BCUT2D eigenvalue weighted by atomic mass is 9.93. The minimum atomic E-state index is -0.0871. The molecule has 16 heteroatoms. The van der Waals surface area contributed by atoms with Gasteiger partial charge in [-0.15, -0.1) is 0 Å². The number of ether oxygens (including phenoxy) is 8. The van der Waals surface area contributed by atoms with Crippen molar-refractivity contribution in [3.63, 3.8) is 0 Å². The van der Waals surface area contributed by atoms with Crippen molar-refractivity contribution < 1.29 is 58.3 Å². The topological polar surface area (TPSA) is 155 Å². The molecule has 0 saturated carbocycles. The molecule has 0 bridgehead atoms. The van der Waals surface area contributed by atoms with E-state index in [0.717, 1.165) is 80.3 Å². The lowest BCUT2D eigenvalue weighted by Crippen LogP contribution is -2.14. The lowest BCUT2D eigenvalue weighted by molar-refractivity contribution is 0.0697. The van der Waals surface area contributed by atoms with Gasteiger partial charge in [0, 0.05) is 70.5 Å². The maximum Gasteiger partial charge on any atom is 0.126 e. The molecule has 4 N–H and O–H groups in total. The Bertz CT molecular complexity index is 1960. The van der Waals surface area contributed by atoms with Gasteiger partial charge in [-0.2, -0.15) is 0 Å². The first kappa shape index (κ1) is 52.3. The summed E-state index contributed by atoms with van der Waals surface area (Å²) in [5, 5.41) is 37.0. The highest BCUT2D eigenvalue weighted by atomic mass is 79.9. The monoisotopic (exact) mass is 1120 g/mol. The molecule has 0 aliphatic carbocycles. The molecular formula is C46H58Br4O12. The summed E-state index contributed by atoms with van der Waals surface area (Å²) in [5.74, 6) is 2.90. The average molecular weight is 1120 g/mol. The first-order valence-corrected chi connectivity index (χ1v) is 23.8. The van der Waals surface area contributed by atoms with E-state index >= 15 is 0 Å². The fourth-order valence-corrected chi connectivity index (χ4v) is 9.12. The molecule has 4 aromatic rings. The van der Waals surface area contributed by atoms with E-state index in [-0.39, 0.29) is 79.3 Å². The van der Waals surface area contributed by atoms with Crippen LogP contribution < -0.4 is 18.9 Å². The second-order valence-electron chi connectivity index (χ2n) is 14.0. The van der Waals surface area contributed by atoms with Crippen LogP contribution in [0.1, 0.15) is 51.4 Å². The van der Waals surface area contributed by atoms with Gasteiger partial charge in [-0.25, -0.2) is 0 Å². The number of aryl methyl sites for hydroxylation is 2. The summed E-state index contributed by atoms with van der Waals surface area (Å²) < 4.78 is 51.6. The van der Waals surface area contributed by atoms with E-state index in [2.05, 4.69) is 107 Å². The van der Waals surface area contributed by atoms with Gasteiger partial charge in [0.25, 0.3) is 0 Å². The maximum absolute atomic E-state index is 9.34. The van der Waals surface area contributed by atoms with Gasteiger partial charge in [0.1, 0.15) is 49.4 Å². The SMILES string of the molecule is CCc1cc(Br)cc(Cc2cc(Br)cc(Cc3cc(Br)cc(Cc4cc(Br)cc(C)c4OCCOCCO)c3OCCOCCO)c2OCCOCCO)c1OCCOCCO. The smallest absolute Gasteiger partial charge is 0.126 e. The molecule has 0 spiro atoms. The standard InChI is InChI=1S/C46H58Br4O12/c1-3-32-24-40(48)26-34(44(32)60-17-13-56-9-5-52)22-36-28-42(50)30-38(46(36)62-19-15-58-11-7-54)23-37-29-41(49)27-35(45(37)61-18-14-57-10-6-53)21-33-25-39(47)20-31(2)43(33)59-16-12-55-8-4-51/h20,24-30,51-54H,3-19,21-23H2,1-2H3. The molecule has 342 valence electrons. The van der Waals surface area contributed by atoms with Crippen molar-refractivity contribution in [3.8, 4) is 23.0 Å². The van der Waals surface area contributed by atoms with Gasteiger partial charge in [-0.3, -0.25) is 0 Å². The molecule has 0 saturated heterocycles. The van der Waals surface area contributed by atoms with Crippen molar-refractivity contribution in [3.05, 3.63) is 111 Å². The van der Waals surface area contributed by atoms with Crippen LogP contribution in [0, 0.1) is 6.92 Å². The summed E-state index contributed by atoms with van der Waals surface area (Å²) in [5.41, 5.74) is 7.54.